The molecule has 2 N–H and O–H groups in total. The number of amides is 2. The number of piperidine rings is 1. The summed E-state index contributed by atoms with van der Waals surface area (Å²) in [6.07, 6.45) is 15.1. The molecule has 2 aromatic rings. The molecule has 7 heteroatoms. The van der Waals surface area contributed by atoms with Gasteiger partial charge in [0.05, 0.1) is 5.69 Å². The van der Waals surface area contributed by atoms with Crippen LogP contribution in [0, 0.1) is 0 Å². The number of unbranched alkanes of at least 4 members (excludes halogenated alkanes) is 7. The van der Waals surface area contributed by atoms with E-state index in [9.17, 15) is 9.59 Å². The molecule has 0 bridgehead atoms. The van der Waals surface area contributed by atoms with Crippen molar-refractivity contribution in [3.05, 3.63) is 69.5 Å². The van der Waals surface area contributed by atoms with E-state index in [-0.39, 0.29) is 11.8 Å². The number of hydrogen-bond donors (Lipinski definition) is 2. The number of benzene rings is 1. The van der Waals surface area contributed by atoms with Crippen molar-refractivity contribution in [2.24, 2.45) is 0 Å². The van der Waals surface area contributed by atoms with E-state index in [0.717, 1.165) is 94.4 Å². The number of aryl methyl sites for hydroxylation is 2. The average Bonchev–Trinajstić information content (AvgIpc) is 3.10. The van der Waals surface area contributed by atoms with Crippen molar-refractivity contribution in [3.8, 4) is 0 Å². The molecular formula is C31H40ClN3O3. The van der Waals surface area contributed by atoms with E-state index in [4.69, 9.17) is 21.8 Å². The Morgan fingerprint density at radius 1 is 0.868 bits per heavy atom. The Labute approximate surface area is 231 Å². The van der Waals surface area contributed by atoms with Gasteiger partial charge in [-0.1, -0.05) is 67.8 Å². The molecule has 6 nitrogen and oxygen atoms in total. The number of carbonyl (C=O) groups excluding carboxylic acids is 2. The molecule has 1 saturated heterocycles. The van der Waals surface area contributed by atoms with Crippen LogP contribution >= 0.6 is 11.6 Å². The van der Waals surface area contributed by atoms with Gasteiger partial charge in [0.25, 0.3) is 0 Å². The zero-order valence-electron chi connectivity index (χ0n) is 22.3. The maximum atomic E-state index is 12.9. The van der Waals surface area contributed by atoms with Gasteiger partial charge < -0.3 is 4.90 Å². The monoisotopic (exact) mass is 537 g/mol. The fourth-order valence-electron chi connectivity index (χ4n) is 5.75. The lowest BCUT2D eigenvalue weighted by Crippen LogP contribution is -2.36. The molecule has 1 aliphatic carbocycles. The molecule has 4 rings (SSSR count). The van der Waals surface area contributed by atoms with E-state index >= 15 is 0 Å². The maximum Gasteiger partial charge on any atom is 0.243 e. The van der Waals surface area contributed by atoms with Crippen LogP contribution in [0.3, 0.4) is 0 Å². The average molecular weight is 538 g/mol. The third kappa shape index (κ3) is 7.67. The predicted octanol–water partition coefficient (Wildman–Crippen LogP) is 6.66. The minimum atomic E-state index is -0.307. The summed E-state index contributed by atoms with van der Waals surface area (Å²) < 4.78 is 0. The van der Waals surface area contributed by atoms with Gasteiger partial charge in [0.15, 0.2) is 0 Å². The Bertz CT molecular complexity index is 1140. The van der Waals surface area contributed by atoms with E-state index in [0.29, 0.717) is 12.8 Å². The molecule has 0 atom stereocenters. The zero-order chi connectivity index (χ0) is 26.7. The molecule has 1 fully saturated rings. The Hall–Kier alpha value is -2.70. The van der Waals surface area contributed by atoms with Crippen molar-refractivity contribution in [1.82, 2.24) is 15.4 Å². The number of likely N-dealkylation sites (tertiary alicyclic amines) is 1. The second-order valence-corrected chi connectivity index (χ2v) is 11.0. The molecule has 1 aromatic heterocycles. The largest absolute Gasteiger partial charge is 0.342 e. The highest BCUT2D eigenvalue weighted by molar-refractivity contribution is 6.30. The Morgan fingerprint density at radius 3 is 2.24 bits per heavy atom. The minimum absolute atomic E-state index is 0.280. The van der Waals surface area contributed by atoms with Crippen molar-refractivity contribution >= 4 is 29.0 Å². The first-order valence-corrected chi connectivity index (χ1v) is 14.6. The highest BCUT2D eigenvalue weighted by Crippen LogP contribution is 2.38. The van der Waals surface area contributed by atoms with Crippen LogP contribution in [0.5, 0.6) is 0 Å². The van der Waals surface area contributed by atoms with Crippen LogP contribution in [0.2, 0.25) is 5.02 Å². The number of fused-ring (bicyclic) bond motifs is 2. The fourth-order valence-corrected chi connectivity index (χ4v) is 5.94. The third-order valence-electron chi connectivity index (χ3n) is 7.87. The summed E-state index contributed by atoms with van der Waals surface area (Å²) in [6.45, 7) is 1.55. The number of nitrogens with one attached hydrogen (secondary N) is 1. The van der Waals surface area contributed by atoms with Crippen molar-refractivity contribution in [1.29, 1.82) is 0 Å². The van der Waals surface area contributed by atoms with Gasteiger partial charge in [0.2, 0.25) is 11.8 Å². The molecule has 38 heavy (non-hydrogen) atoms. The highest BCUT2D eigenvalue weighted by Gasteiger charge is 2.26. The van der Waals surface area contributed by atoms with Gasteiger partial charge in [-0.05, 0) is 73.4 Å². The normalized spacial score (nSPS) is 15.1. The molecular weight excluding hydrogens is 498 g/mol. The predicted molar refractivity (Wildman–Crippen MR) is 151 cm³/mol. The molecule has 2 heterocycles. The number of aromatic nitrogens is 1. The van der Waals surface area contributed by atoms with Crippen molar-refractivity contribution in [3.63, 3.8) is 0 Å². The standard InChI is InChI=1S/C31H40ClN3O3/c32-26-15-16-27-25(22-26)14-13-24-10-9-19-33-31(24)30(27)23-17-20-35(21-18-23)29(37)12-8-6-4-2-1-3-5-7-11-28(36)34-38/h9-10,15-16,19,22,38H,1-8,11-14,17-18,20-21H2,(H,34,36). The summed E-state index contributed by atoms with van der Waals surface area (Å²) in [4.78, 5) is 30.7. The van der Waals surface area contributed by atoms with Gasteiger partial charge >= 0.3 is 0 Å². The number of carbonyl (C=O) groups is 2. The lowest BCUT2D eigenvalue weighted by atomic mass is 9.88. The molecule has 2 amide bonds. The summed E-state index contributed by atoms with van der Waals surface area (Å²) >= 11 is 6.34. The van der Waals surface area contributed by atoms with Gasteiger partial charge in [-0.25, -0.2) is 5.48 Å². The van der Waals surface area contributed by atoms with Crippen LogP contribution in [0.4, 0.5) is 0 Å². The van der Waals surface area contributed by atoms with Crippen LogP contribution in [-0.2, 0) is 22.4 Å². The molecule has 0 saturated carbocycles. The third-order valence-corrected chi connectivity index (χ3v) is 8.11. The molecule has 0 spiro atoms. The van der Waals surface area contributed by atoms with Gasteiger partial charge in [0, 0.05) is 42.7 Å². The van der Waals surface area contributed by atoms with Gasteiger partial charge in [-0.3, -0.25) is 19.8 Å². The van der Waals surface area contributed by atoms with Crippen molar-refractivity contribution in [2.75, 3.05) is 13.1 Å². The fraction of sp³-hybridized carbons (Fsp3) is 0.516. The van der Waals surface area contributed by atoms with Gasteiger partial charge in [0.1, 0.15) is 0 Å². The number of nitrogens with zero attached hydrogens (tertiary/aromatic N) is 2. The lowest BCUT2D eigenvalue weighted by Gasteiger charge is -2.30. The van der Waals surface area contributed by atoms with E-state index in [1.807, 2.05) is 23.2 Å². The van der Waals surface area contributed by atoms with Crippen molar-refractivity contribution < 1.29 is 14.8 Å². The zero-order valence-corrected chi connectivity index (χ0v) is 23.1. The summed E-state index contributed by atoms with van der Waals surface area (Å²) in [5.74, 6) is -0.0264. The van der Waals surface area contributed by atoms with Crippen LogP contribution in [-0.4, -0.2) is 40.0 Å². The topological polar surface area (TPSA) is 82.5 Å². The van der Waals surface area contributed by atoms with Gasteiger partial charge in [-0.2, -0.15) is 0 Å². The first kappa shape index (κ1) is 28.3. The lowest BCUT2D eigenvalue weighted by molar-refractivity contribution is -0.131. The summed E-state index contributed by atoms with van der Waals surface area (Å²) in [6, 6.07) is 10.4. The van der Waals surface area contributed by atoms with E-state index in [1.165, 1.54) is 34.3 Å². The quantitative estimate of drug-likeness (QED) is 0.191. The van der Waals surface area contributed by atoms with E-state index in [1.54, 1.807) is 5.48 Å². The first-order chi connectivity index (χ1) is 18.6. The van der Waals surface area contributed by atoms with E-state index in [2.05, 4.69) is 18.2 Å². The van der Waals surface area contributed by atoms with Crippen molar-refractivity contribution in [2.45, 2.75) is 89.9 Å². The Balaban J connectivity index is 1.24. The van der Waals surface area contributed by atoms with Crippen LogP contribution < -0.4 is 5.48 Å². The van der Waals surface area contributed by atoms with E-state index < -0.39 is 0 Å². The molecule has 204 valence electrons. The Morgan fingerprint density at radius 2 is 1.53 bits per heavy atom. The summed E-state index contributed by atoms with van der Waals surface area (Å²) in [5, 5.41) is 9.27. The summed E-state index contributed by atoms with van der Waals surface area (Å²) in [7, 11) is 0. The number of pyridine rings is 1. The number of hydrogen-bond acceptors (Lipinski definition) is 4. The number of halogens is 1. The maximum absolute atomic E-state index is 12.9. The minimum Gasteiger partial charge on any atom is -0.342 e. The number of rotatable bonds is 11. The van der Waals surface area contributed by atoms with Crippen LogP contribution in [0.25, 0.3) is 5.57 Å². The second-order valence-electron chi connectivity index (χ2n) is 10.5. The molecule has 1 aromatic carbocycles. The van der Waals surface area contributed by atoms with Crippen LogP contribution in [0.1, 0.15) is 99.4 Å². The highest BCUT2D eigenvalue weighted by atomic mass is 35.5. The Kier molecular flexibility index (Phi) is 10.8. The SMILES string of the molecule is O=C(CCCCCCCCCCC(=O)N1CCC(=C2c3ccc(Cl)cc3CCc3cccnc32)CC1)NO. The number of hydroxylamine groups is 1. The smallest absolute Gasteiger partial charge is 0.243 e. The first-order valence-electron chi connectivity index (χ1n) is 14.2. The summed E-state index contributed by atoms with van der Waals surface area (Å²) in [5.41, 5.74) is 9.24. The molecule has 0 unspecified atom stereocenters. The van der Waals surface area contributed by atoms with Gasteiger partial charge in [-0.15, -0.1) is 0 Å². The van der Waals surface area contributed by atoms with Crippen LogP contribution in [0.15, 0.2) is 42.1 Å². The molecule has 0 radical (unpaired) electrons. The molecule has 2 aliphatic rings. The second kappa shape index (κ2) is 14.5. The molecule has 1 aliphatic heterocycles.